The van der Waals surface area contributed by atoms with E-state index in [9.17, 15) is 0 Å². The van der Waals surface area contributed by atoms with Crippen molar-refractivity contribution >= 4 is 8.32 Å². The van der Waals surface area contributed by atoms with Crippen molar-refractivity contribution in [1.82, 2.24) is 0 Å². The zero-order valence-corrected chi connectivity index (χ0v) is 12.9. The summed E-state index contributed by atoms with van der Waals surface area (Å²) >= 11 is 0. The van der Waals surface area contributed by atoms with Gasteiger partial charge in [-0.25, -0.2) is 0 Å². The Kier molecular flexibility index (Phi) is 7.55. The fourth-order valence-corrected chi connectivity index (χ4v) is 2.07. The summed E-state index contributed by atoms with van der Waals surface area (Å²) in [5.41, 5.74) is 1.14. The van der Waals surface area contributed by atoms with Crippen LogP contribution in [0, 0.1) is 0 Å². The fraction of sp³-hybridized carbons (Fsp3) is 0.846. The zero-order valence-electron chi connectivity index (χ0n) is 11.9. The molecule has 2 nitrogen and oxygen atoms in total. The summed E-state index contributed by atoms with van der Waals surface area (Å²) in [6.45, 7) is 13.6. The molecule has 96 valence electrons. The van der Waals surface area contributed by atoms with E-state index in [0.717, 1.165) is 24.5 Å². The third kappa shape index (κ3) is 8.83. The van der Waals surface area contributed by atoms with Gasteiger partial charge < -0.3 is 9.16 Å². The SMILES string of the molecule is CCCCCCOC(O[Si](C)(C)C)=C(C)C. The van der Waals surface area contributed by atoms with E-state index in [1.807, 2.05) is 13.8 Å². The minimum atomic E-state index is -1.54. The van der Waals surface area contributed by atoms with Gasteiger partial charge >= 0.3 is 0 Å². The van der Waals surface area contributed by atoms with E-state index in [1.54, 1.807) is 0 Å². The number of hydrogen-bond acceptors (Lipinski definition) is 2. The highest BCUT2D eigenvalue weighted by Crippen LogP contribution is 2.15. The Hall–Kier alpha value is -0.443. The fourth-order valence-electron chi connectivity index (χ4n) is 1.25. The van der Waals surface area contributed by atoms with Crippen LogP contribution in [0.1, 0.15) is 46.5 Å². The molecule has 0 aromatic heterocycles. The van der Waals surface area contributed by atoms with Crippen LogP contribution in [0.25, 0.3) is 0 Å². The Morgan fingerprint density at radius 3 is 2.06 bits per heavy atom. The quantitative estimate of drug-likeness (QED) is 0.350. The summed E-state index contributed by atoms with van der Waals surface area (Å²) in [6, 6.07) is 0. The van der Waals surface area contributed by atoms with Crippen molar-refractivity contribution in [1.29, 1.82) is 0 Å². The van der Waals surface area contributed by atoms with Crippen LogP contribution in [0.5, 0.6) is 0 Å². The third-order valence-electron chi connectivity index (χ3n) is 2.04. The average Bonchev–Trinajstić information content (AvgIpc) is 2.13. The molecule has 0 fully saturated rings. The van der Waals surface area contributed by atoms with Gasteiger partial charge in [-0.2, -0.15) is 0 Å². The number of unbranched alkanes of at least 4 members (excludes halogenated alkanes) is 3. The van der Waals surface area contributed by atoms with E-state index in [0.29, 0.717) is 0 Å². The number of ether oxygens (including phenoxy) is 1. The molecule has 0 spiro atoms. The van der Waals surface area contributed by atoms with Crippen molar-refractivity contribution in [2.24, 2.45) is 0 Å². The van der Waals surface area contributed by atoms with Crippen molar-refractivity contribution in [3.63, 3.8) is 0 Å². The van der Waals surface area contributed by atoms with Gasteiger partial charge in [0.05, 0.1) is 6.61 Å². The molecule has 0 aromatic carbocycles. The molecule has 0 rings (SSSR count). The molecule has 0 aromatic rings. The second-order valence-corrected chi connectivity index (χ2v) is 9.84. The highest BCUT2D eigenvalue weighted by atomic mass is 28.4. The number of rotatable bonds is 8. The molecule has 0 bridgehead atoms. The minimum absolute atomic E-state index is 0.760. The van der Waals surface area contributed by atoms with Crippen LogP contribution in [-0.2, 0) is 9.16 Å². The van der Waals surface area contributed by atoms with E-state index in [-0.39, 0.29) is 0 Å². The van der Waals surface area contributed by atoms with Gasteiger partial charge in [0.1, 0.15) is 0 Å². The van der Waals surface area contributed by atoms with Crippen molar-refractivity contribution in [2.75, 3.05) is 6.61 Å². The van der Waals surface area contributed by atoms with Crippen LogP contribution in [0.4, 0.5) is 0 Å². The van der Waals surface area contributed by atoms with Gasteiger partial charge in [-0.3, -0.25) is 0 Å². The molecule has 0 N–H and O–H groups in total. The van der Waals surface area contributed by atoms with Crippen LogP contribution < -0.4 is 0 Å². The molecule has 0 aliphatic heterocycles. The molecular weight excluding hydrogens is 216 g/mol. The molecule has 0 aliphatic rings. The zero-order chi connectivity index (χ0) is 12.6. The second-order valence-electron chi connectivity index (χ2n) is 5.41. The standard InChI is InChI=1S/C13H28O2Si/c1-7-8-9-10-11-14-13(12(2)3)15-16(4,5)6/h7-11H2,1-6H3. The van der Waals surface area contributed by atoms with Crippen molar-refractivity contribution in [2.45, 2.75) is 66.1 Å². The molecule has 0 saturated carbocycles. The maximum absolute atomic E-state index is 5.90. The monoisotopic (exact) mass is 244 g/mol. The molecule has 0 atom stereocenters. The van der Waals surface area contributed by atoms with E-state index >= 15 is 0 Å². The van der Waals surface area contributed by atoms with Gasteiger partial charge in [0.2, 0.25) is 8.32 Å². The lowest BCUT2D eigenvalue weighted by atomic mass is 10.2. The maximum Gasteiger partial charge on any atom is 0.263 e. The lowest BCUT2D eigenvalue weighted by Gasteiger charge is -2.22. The van der Waals surface area contributed by atoms with E-state index in [4.69, 9.17) is 9.16 Å². The molecule has 3 heteroatoms. The highest BCUT2D eigenvalue weighted by Gasteiger charge is 2.19. The molecule has 16 heavy (non-hydrogen) atoms. The van der Waals surface area contributed by atoms with Gasteiger partial charge in [0, 0.05) is 5.57 Å². The van der Waals surface area contributed by atoms with E-state index in [1.165, 1.54) is 19.3 Å². The van der Waals surface area contributed by atoms with Crippen LogP contribution in [0.15, 0.2) is 11.5 Å². The molecule has 0 radical (unpaired) electrons. The molecule has 0 unspecified atom stereocenters. The first-order chi connectivity index (χ1) is 7.37. The summed E-state index contributed by atoms with van der Waals surface area (Å²) in [5, 5.41) is 0. The summed E-state index contributed by atoms with van der Waals surface area (Å²) in [6.07, 6.45) is 4.93. The molecule has 0 amide bonds. The predicted molar refractivity (Wildman–Crippen MR) is 72.9 cm³/mol. The third-order valence-corrected chi connectivity index (χ3v) is 2.84. The Bertz CT molecular complexity index is 212. The summed E-state index contributed by atoms with van der Waals surface area (Å²) in [7, 11) is -1.54. The molecule has 0 aliphatic carbocycles. The number of allylic oxidation sites excluding steroid dienone is 1. The highest BCUT2D eigenvalue weighted by molar-refractivity contribution is 6.70. The van der Waals surface area contributed by atoms with Gasteiger partial charge in [0.15, 0.2) is 0 Å². The van der Waals surface area contributed by atoms with Crippen LogP contribution >= 0.6 is 0 Å². The van der Waals surface area contributed by atoms with E-state index < -0.39 is 8.32 Å². The van der Waals surface area contributed by atoms with E-state index in [2.05, 4.69) is 26.6 Å². The van der Waals surface area contributed by atoms with Crippen molar-refractivity contribution in [3.8, 4) is 0 Å². The second kappa shape index (κ2) is 7.77. The van der Waals surface area contributed by atoms with Crippen LogP contribution in [-0.4, -0.2) is 14.9 Å². The van der Waals surface area contributed by atoms with Gasteiger partial charge in [-0.05, 0) is 39.9 Å². The smallest absolute Gasteiger partial charge is 0.263 e. The molecule has 0 heterocycles. The average molecular weight is 244 g/mol. The van der Waals surface area contributed by atoms with Gasteiger partial charge in [0.25, 0.3) is 5.95 Å². The van der Waals surface area contributed by atoms with Gasteiger partial charge in [-0.1, -0.05) is 26.2 Å². The first-order valence-corrected chi connectivity index (χ1v) is 9.77. The lowest BCUT2D eigenvalue weighted by Crippen LogP contribution is -2.26. The summed E-state index contributed by atoms with van der Waals surface area (Å²) in [5.74, 6) is 0.760. The normalized spacial score (nSPS) is 11.1. The summed E-state index contributed by atoms with van der Waals surface area (Å²) < 4.78 is 11.6. The lowest BCUT2D eigenvalue weighted by molar-refractivity contribution is 0.0957. The van der Waals surface area contributed by atoms with Crippen molar-refractivity contribution in [3.05, 3.63) is 11.5 Å². The Morgan fingerprint density at radius 1 is 1.00 bits per heavy atom. The minimum Gasteiger partial charge on any atom is -0.520 e. The molecular formula is C13H28O2Si. The van der Waals surface area contributed by atoms with Crippen molar-refractivity contribution < 1.29 is 9.16 Å². The van der Waals surface area contributed by atoms with Crippen LogP contribution in [0.2, 0.25) is 19.6 Å². The predicted octanol–water partition coefficient (Wildman–Crippen LogP) is 4.69. The Labute approximate surface area is 102 Å². The summed E-state index contributed by atoms with van der Waals surface area (Å²) in [4.78, 5) is 0. The Balaban J connectivity index is 3.94. The first-order valence-electron chi connectivity index (χ1n) is 6.36. The molecule has 0 saturated heterocycles. The first kappa shape index (κ1) is 15.6. The number of hydrogen-bond donors (Lipinski definition) is 0. The Morgan fingerprint density at radius 2 is 1.62 bits per heavy atom. The van der Waals surface area contributed by atoms with Gasteiger partial charge in [-0.15, -0.1) is 0 Å². The topological polar surface area (TPSA) is 18.5 Å². The van der Waals surface area contributed by atoms with Crippen LogP contribution in [0.3, 0.4) is 0 Å². The maximum atomic E-state index is 5.90. The largest absolute Gasteiger partial charge is 0.520 e.